The largest absolute Gasteiger partial charge is 0.335 e. The summed E-state index contributed by atoms with van der Waals surface area (Å²) >= 11 is 3.15. The van der Waals surface area contributed by atoms with Crippen LogP contribution >= 0.6 is 15.9 Å². The first kappa shape index (κ1) is 10.9. The molecule has 0 saturated carbocycles. The molecule has 0 aliphatic carbocycles. The highest BCUT2D eigenvalue weighted by Crippen LogP contribution is 2.28. The van der Waals surface area contributed by atoms with Gasteiger partial charge < -0.3 is 4.90 Å². The normalized spacial score (nSPS) is 23.2. The summed E-state index contributed by atoms with van der Waals surface area (Å²) in [5, 5.41) is 0. The van der Waals surface area contributed by atoms with Crippen LogP contribution in [0.3, 0.4) is 0 Å². The molecule has 1 aliphatic heterocycles. The maximum absolute atomic E-state index is 12.7. The van der Waals surface area contributed by atoms with Gasteiger partial charge in [-0.3, -0.25) is 4.79 Å². The van der Waals surface area contributed by atoms with Crippen molar-refractivity contribution in [1.29, 1.82) is 0 Å². The second-order valence-corrected chi connectivity index (χ2v) is 4.35. The monoisotopic (exact) mass is 255 g/mol. The van der Waals surface area contributed by atoms with Crippen LogP contribution in [0, 0.1) is 0 Å². The van der Waals surface area contributed by atoms with Gasteiger partial charge in [0.2, 0.25) is 5.91 Å². The third-order valence-electron chi connectivity index (χ3n) is 2.11. The van der Waals surface area contributed by atoms with Crippen molar-refractivity contribution in [3.8, 4) is 0 Å². The van der Waals surface area contributed by atoms with Crippen LogP contribution in [0.2, 0.25) is 0 Å². The van der Waals surface area contributed by atoms with Gasteiger partial charge in [0.25, 0.3) is 5.92 Å². The van der Waals surface area contributed by atoms with Gasteiger partial charge in [0, 0.05) is 13.0 Å². The molecule has 0 spiro atoms. The molecule has 1 saturated heterocycles. The lowest BCUT2D eigenvalue weighted by Gasteiger charge is -2.18. The first-order valence-corrected chi connectivity index (χ1v) is 5.18. The molecule has 1 heterocycles. The fourth-order valence-electron chi connectivity index (χ4n) is 1.30. The third-order valence-corrected chi connectivity index (χ3v) is 3.15. The minimum absolute atomic E-state index is 0.175. The Kier molecular flexibility index (Phi) is 3.27. The van der Waals surface area contributed by atoms with Gasteiger partial charge in [-0.2, -0.15) is 0 Å². The van der Waals surface area contributed by atoms with E-state index in [9.17, 15) is 13.6 Å². The van der Waals surface area contributed by atoms with Crippen molar-refractivity contribution >= 4 is 21.8 Å². The second-order valence-electron chi connectivity index (χ2n) is 3.24. The molecule has 1 unspecified atom stereocenters. The van der Waals surface area contributed by atoms with Crippen LogP contribution in [0.5, 0.6) is 0 Å². The first-order valence-electron chi connectivity index (χ1n) is 4.27. The highest BCUT2D eigenvalue weighted by molar-refractivity contribution is 9.10. The Morgan fingerprint density at radius 2 is 2.31 bits per heavy atom. The fourth-order valence-corrected chi connectivity index (χ4v) is 1.59. The van der Waals surface area contributed by atoms with Crippen molar-refractivity contribution < 1.29 is 13.6 Å². The van der Waals surface area contributed by atoms with Crippen LogP contribution in [0.15, 0.2) is 0 Å². The first-order chi connectivity index (χ1) is 5.96. The molecule has 0 aromatic rings. The van der Waals surface area contributed by atoms with Gasteiger partial charge in [0.1, 0.15) is 0 Å². The van der Waals surface area contributed by atoms with Crippen molar-refractivity contribution in [3.05, 3.63) is 0 Å². The van der Waals surface area contributed by atoms with E-state index in [1.807, 2.05) is 6.92 Å². The zero-order chi connectivity index (χ0) is 10.1. The molecular formula is C8H12BrF2NO. The number of carbonyl (C=O) groups is 1. The molecule has 1 aliphatic rings. The van der Waals surface area contributed by atoms with Crippen molar-refractivity contribution in [2.24, 2.45) is 0 Å². The summed E-state index contributed by atoms with van der Waals surface area (Å²) in [6, 6.07) is 0. The fraction of sp³-hybridized carbons (Fsp3) is 0.875. The Morgan fingerprint density at radius 3 is 2.69 bits per heavy atom. The van der Waals surface area contributed by atoms with Gasteiger partial charge in [0.05, 0.1) is 11.4 Å². The summed E-state index contributed by atoms with van der Waals surface area (Å²) < 4.78 is 25.4. The Morgan fingerprint density at radius 1 is 1.69 bits per heavy atom. The quantitative estimate of drug-likeness (QED) is 0.692. The number of rotatable bonds is 2. The summed E-state index contributed by atoms with van der Waals surface area (Å²) in [7, 11) is 0. The Hall–Kier alpha value is -0.190. The molecule has 5 heteroatoms. The Labute approximate surface area is 84.4 Å². The molecule has 13 heavy (non-hydrogen) atoms. The van der Waals surface area contributed by atoms with Gasteiger partial charge in [-0.1, -0.05) is 22.9 Å². The SMILES string of the molecule is CCC(Br)C(=O)N1CCC(F)(F)C1. The predicted molar refractivity (Wildman–Crippen MR) is 49.2 cm³/mol. The zero-order valence-corrected chi connectivity index (χ0v) is 8.98. The van der Waals surface area contributed by atoms with E-state index in [1.165, 1.54) is 4.90 Å². The van der Waals surface area contributed by atoms with Crippen LogP contribution in [-0.4, -0.2) is 34.6 Å². The molecule has 1 rings (SSSR count). The molecule has 0 radical (unpaired) electrons. The molecule has 1 fully saturated rings. The van der Waals surface area contributed by atoms with E-state index >= 15 is 0 Å². The lowest BCUT2D eigenvalue weighted by Crippen LogP contribution is -2.36. The summed E-state index contributed by atoms with van der Waals surface area (Å²) in [6.07, 6.45) is 0.420. The van der Waals surface area contributed by atoms with E-state index in [4.69, 9.17) is 0 Å². The van der Waals surface area contributed by atoms with Crippen molar-refractivity contribution in [1.82, 2.24) is 4.90 Å². The third kappa shape index (κ3) is 2.62. The van der Waals surface area contributed by atoms with E-state index in [1.54, 1.807) is 0 Å². The summed E-state index contributed by atoms with van der Waals surface area (Å²) in [4.78, 5) is 12.3. The van der Waals surface area contributed by atoms with Gasteiger partial charge in [0.15, 0.2) is 0 Å². The minimum atomic E-state index is -2.68. The van der Waals surface area contributed by atoms with E-state index in [-0.39, 0.29) is 23.7 Å². The smallest absolute Gasteiger partial charge is 0.267 e. The molecule has 76 valence electrons. The van der Waals surface area contributed by atoms with Crippen molar-refractivity contribution in [2.75, 3.05) is 13.1 Å². The average Bonchev–Trinajstić information content (AvgIpc) is 2.43. The number of halogens is 3. The highest BCUT2D eigenvalue weighted by atomic mass is 79.9. The maximum Gasteiger partial charge on any atom is 0.267 e. The highest BCUT2D eigenvalue weighted by Gasteiger charge is 2.41. The summed E-state index contributed by atoms with van der Waals surface area (Å²) in [5.74, 6) is -2.91. The van der Waals surface area contributed by atoms with E-state index in [0.29, 0.717) is 6.42 Å². The van der Waals surface area contributed by atoms with E-state index in [0.717, 1.165) is 0 Å². The molecule has 2 nitrogen and oxygen atoms in total. The topological polar surface area (TPSA) is 20.3 Å². The zero-order valence-electron chi connectivity index (χ0n) is 7.40. The molecule has 0 aromatic heterocycles. The van der Waals surface area contributed by atoms with Crippen molar-refractivity contribution in [3.63, 3.8) is 0 Å². The van der Waals surface area contributed by atoms with E-state index in [2.05, 4.69) is 15.9 Å². The molecule has 0 N–H and O–H groups in total. The Balaban J connectivity index is 2.51. The van der Waals surface area contributed by atoms with Crippen LogP contribution in [-0.2, 0) is 4.79 Å². The number of hydrogen-bond donors (Lipinski definition) is 0. The van der Waals surface area contributed by atoms with Crippen LogP contribution in [0.4, 0.5) is 8.78 Å². The molecule has 0 bridgehead atoms. The van der Waals surface area contributed by atoms with Gasteiger partial charge in [-0.15, -0.1) is 0 Å². The van der Waals surface area contributed by atoms with Crippen molar-refractivity contribution in [2.45, 2.75) is 30.5 Å². The molecule has 0 aromatic carbocycles. The number of amides is 1. The lowest BCUT2D eigenvalue weighted by atomic mass is 10.3. The number of carbonyl (C=O) groups excluding carboxylic acids is 1. The number of alkyl halides is 3. The van der Waals surface area contributed by atoms with E-state index < -0.39 is 12.5 Å². The van der Waals surface area contributed by atoms with Gasteiger partial charge in [-0.05, 0) is 6.42 Å². The number of likely N-dealkylation sites (tertiary alicyclic amines) is 1. The molecule has 1 amide bonds. The van der Waals surface area contributed by atoms with Crippen LogP contribution in [0.25, 0.3) is 0 Å². The van der Waals surface area contributed by atoms with Crippen LogP contribution in [0.1, 0.15) is 19.8 Å². The summed E-state index contributed by atoms with van der Waals surface area (Å²) in [6.45, 7) is 1.59. The second kappa shape index (κ2) is 3.90. The van der Waals surface area contributed by atoms with Gasteiger partial charge >= 0.3 is 0 Å². The maximum atomic E-state index is 12.7. The number of nitrogens with zero attached hydrogens (tertiary/aromatic N) is 1. The summed E-state index contributed by atoms with van der Waals surface area (Å²) in [5.41, 5.74) is 0. The minimum Gasteiger partial charge on any atom is -0.335 e. The molecule has 1 atom stereocenters. The average molecular weight is 256 g/mol. The Bertz CT molecular complexity index is 210. The van der Waals surface area contributed by atoms with Crippen LogP contribution < -0.4 is 0 Å². The predicted octanol–water partition coefficient (Wildman–Crippen LogP) is 2.03. The standard InChI is InChI=1S/C8H12BrF2NO/c1-2-6(9)7(13)12-4-3-8(10,11)5-12/h6H,2-5H2,1H3. The lowest BCUT2D eigenvalue weighted by molar-refractivity contribution is -0.130. The van der Waals surface area contributed by atoms with Gasteiger partial charge in [-0.25, -0.2) is 8.78 Å². The number of hydrogen-bond acceptors (Lipinski definition) is 1. The molecular weight excluding hydrogens is 244 g/mol.